The predicted molar refractivity (Wildman–Crippen MR) is 70.8 cm³/mol. The van der Waals surface area contributed by atoms with E-state index in [2.05, 4.69) is 4.40 Å². The molecule has 2 rings (SSSR count). The maximum absolute atomic E-state index is 12.0. The summed E-state index contributed by atoms with van der Waals surface area (Å²) in [5.74, 6) is 0.924. The van der Waals surface area contributed by atoms with Gasteiger partial charge in [0.25, 0.3) is 10.0 Å². The van der Waals surface area contributed by atoms with Crippen molar-refractivity contribution in [2.75, 3.05) is 19.3 Å². The smallest absolute Gasteiger partial charge is 0.284 e. The van der Waals surface area contributed by atoms with Crippen molar-refractivity contribution in [2.45, 2.75) is 11.3 Å². The van der Waals surface area contributed by atoms with Gasteiger partial charge < -0.3 is 4.90 Å². The average molecular weight is 270 g/mol. The highest BCUT2D eigenvalue weighted by molar-refractivity contribution is 8.14. The molecule has 1 heterocycles. The van der Waals surface area contributed by atoms with E-state index < -0.39 is 10.0 Å². The molecule has 0 saturated carbocycles. The number of sulfonamides is 1. The van der Waals surface area contributed by atoms with E-state index in [1.165, 1.54) is 11.8 Å². The molecular weight excluding hydrogens is 256 g/mol. The first-order valence-corrected chi connectivity index (χ1v) is 7.76. The predicted octanol–water partition coefficient (Wildman–Crippen LogP) is 1.80. The number of nitrogens with zero attached hydrogens (tertiary/aromatic N) is 2. The first kappa shape index (κ1) is 12.4. The fourth-order valence-electron chi connectivity index (χ4n) is 1.52. The minimum absolute atomic E-state index is 0.243. The van der Waals surface area contributed by atoms with Crippen molar-refractivity contribution >= 4 is 27.0 Å². The standard InChI is InChI=1S/C11H14N2O2S2/c1-13-8-5-9-16-11(13)12-17(14,15)10-6-3-2-4-7-10/h2-4,6-7H,5,8-9H2,1H3/b12-11+. The number of thioether (sulfide) groups is 1. The van der Waals surface area contributed by atoms with Gasteiger partial charge in [-0.2, -0.15) is 8.42 Å². The van der Waals surface area contributed by atoms with Crippen LogP contribution in [0.15, 0.2) is 39.6 Å². The molecule has 17 heavy (non-hydrogen) atoms. The summed E-state index contributed by atoms with van der Waals surface area (Å²) >= 11 is 1.49. The molecule has 1 aromatic rings. The lowest BCUT2D eigenvalue weighted by Gasteiger charge is -2.24. The summed E-state index contributed by atoms with van der Waals surface area (Å²) in [5.41, 5.74) is 0. The van der Waals surface area contributed by atoms with E-state index >= 15 is 0 Å². The lowest BCUT2D eigenvalue weighted by molar-refractivity contribution is 0.505. The van der Waals surface area contributed by atoms with E-state index in [9.17, 15) is 8.42 Å². The summed E-state index contributed by atoms with van der Waals surface area (Å²) in [6.45, 7) is 0.857. The first-order chi connectivity index (χ1) is 8.09. The number of hydrogen-bond acceptors (Lipinski definition) is 3. The Hall–Kier alpha value is -1.01. The minimum atomic E-state index is -3.57. The summed E-state index contributed by atoms with van der Waals surface area (Å²) in [5, 5.41) is 0.583. The van der Waals surface area contributed by atoms with Crippen molar-refractivity contribution in [3.05, 3.63) is 30.3 Å². The highest BCUT2D eigenvalue weighted by Gasteiger charge is 2.19. The first-order valence-electron chi connectivity index (χ1n) is 5.33. The van der Waals surface area contributed by atoms with Crippen LogP contribution in [-0.2, 0) is 10.0 Å². The number of rotatable bonds is 2. The zero-order chi connectivity index (χ0) is 12.3. The van der Waals surface area contributed by atoms with Crippen molar-refractivity contribution in [1.29, 1.82) is 0 Å². The van der Waals surface area contributed by atoms with E-state index in [1.807, 2.05) is 11.9 Å². The lowest BCUT2D eigenvalue weighted by Crippen LogP contribution is -2.30. The van der Waals surface area contributed by atoms with Crippen LogP contribution in [-0.4, -0.2) is 37.8 Å². The van der Waals surface area contributed by atoms with Gasteiger partial charge >= 0.3 is 0 Å². The molecule has 0 spiro atoms. The molecule has 1 aliphatic heterocycles. The molecule has 1 saturated heterocycles. The van der Waals surface area contributed by atoms with E-state index in [0.717, 1.165) is 18.7 Å². The SMILES string of the molecule is CN1CCCS/C1=N/S(=O)(=O)c1ccccc1. The molecule has 0 aliphatic carbocycles. The molecular formula is C11H14N2O2S2. The molecule has 0 bridgehead atoms. The van der Waals surface area contributed by atoms with Crippen LogP contribution < -0.4 is 0 Å². The molecule has 92 valence electrons. The molecule has 0 amide bonds. The molecule has 0 radical (unpaired) electrons. The van der Waals surface area contributed by atoms with Crippen molar-refractivity contribution in [3.63, 3.8) is 0 Å². The van der Waals surface area contributed by atoms with Gasteiger partial charge in [0, 0.05) is 19.3 Å². The Morgan fingerprint density at radius 1 is 1.29 bits per heavy atom. The minimum Gasteiger partial charge on any atom is -0.354 e. The summed E-state index contributed by atoms with van der Waals surface area (Å²) in [7, 11) is -1.70. The topological polar surface area (TPSA) is 49.7 Å². The number of amidine groups is 1. The van der Waals surface area contributed by atoms with Gasteiger partial charge in [0.1, 0.15) is 0 Å². The van der Waals surface area contributed by atoms with Crippen LogP contribution >= 0.6 is 11.8 Å². The van der Waals surface area contributed by atoms with Crippen molar-refractivity contribution < 1.29 is 8.42 Å². The molecule has 1 fully saturated rings. The van der Waals surface area contributed by atoms with E-state index in [0.29, 0.717) is 5.17 Å². The van der Waals surface area contributed by atoms with Crippen molar-refractivity contribution in [2.24, 2.45) is 4.40 Å². The molecule has 0 unspecified atom stereocenters. The Kier molecular flexibility index (Phi) is 3.73. The highest BCUT2D eigenvalue weighted by atomic mass is 32.2. The van der Waals surface area contributed by atoms with Gasteiger partial charge in [-0.1, -0.05) is 30.0 Å². The van der Waals surface area contributed by atoms with Gasteiger partial charge in [-0.05, 0) is 18.6 Å². The third kappa shape index (κ3) is 3.01. The maximum Gasteiger partial charge on any atom is 0.284 e. The zero-order valence-corrected chi connectivity index (χ0v) is 11.2. The lowest BCUT2D eigenvalue weighted by atomic mass is 10.4. The fraction of sp³-hybridized carbons (Fsp3) is 0.364. The van der Waals surface area contributed by atoms with Crippen LogP contribution in [0.5, 0.6) is 0 Å². The van der Waals surface area contributed by atoms with Gasteiger partial charge in [0.2, 0.25) is 0 Å². The molecule has 1 aliphatic rings. The van der Waals surface area contributed by atoms with Gasteiger partial charge in [0.15, 0.2) is 5.17 Å². The number of hydrogen-bond donors (Lipinski definition) is 0. The third-order valence-corrected chi connectivity index (χ3v) is 4.99. The van der Waals surface area contributed by atoms with Gasteiger partial charge in [0.05, 0.1) is 4.90 Å². The van der Waals surface area contributed by atoms with E-state index in [-0.39, 0.29) is 4.90 Å². The Morgan fingerprint density at radius 2 is 2.00 bits per heavy atom. The van der Waals surface area contributed by atoms with Crippen LogP contribution in [0.4, 0.5) is 0 Å². The van der Waals surface area contributed by atoms with Crippen LogP contribution in [0.1, 0.15) is 6.42 Å². The Morgan fingerprint density at radius 3 is 2.65 bits per heavy atom. The summed E-state index contributed by atoms with van der Waals surface area (Å²) in [6, 6.07) is 8.31. The monoisotopic (exact) mass is 270 g/mol. The second-order valence-corrected chi connectivity index (χ2v) is 6.45. The van der Waals surface area contributed by atoms with Gasteiger partial charge in [-0.3, -0.25) is 0 Å². The Labute approximate surface area is 106 Å². The summed E-state index contributed by atoms with van der Waals surface area (Å²) in [4.78, 5) is 2.13. The van der Waals surface area contributed by atoms with Crippen molar-refractivity contribution in [3.8, 4) is 0 Å². The molecule has 1 aromatic carbocycles. The normalized spacial score (nSPS) is 19.6. The molecule has 0 atom stereocenters. The summed E-state index contributed by atoms with van der Waals surface area (Å²) < 4.78 is 27.9. The average Bonchev–Trinajstić information content (AvgIpc) is 2.33. The molecule has 0 N–H and O–H groups in total. The number of benzene rings is 1. The third-order valence-electron chi connectivity index (χ3n) is 2.43. The summed E-state index contributed by atoms with van der Waals surface area (Å²) in [6.07, 6.45) is 1.06. The van der Waals surface area contributed by atoms with E-state index in [1.54, 1.807) is 30.3 Å². The fourth-order valence-corrected chi connectivity index (χ4v) is 3.74. The zero-order valence-electron chi connectivity index (χ0n) is 9.54. The largest absolute Gasteiger partial charge is 0.354 e. The van der Waals surface area contributed by atoms with Gasteiger partial charge in [-0.15, -0.1) is 4.40 Å². The maximum atomic E-state index is 12.0. The Bertz CT molecular complexity index is 512. The van der Waals surface area contributed by atoms with Crippen LogP contribution in [0, 0.1) is 0 Å². The van der Waals surface area contributed by atoms with Crippen LogP contribution in [0.25, 0.3) is 0 Å². The molecule has 0 aromatic heterocycles. The quantitative estimate of drug-likeness (QED) is 0.822. The van der Waals surface area contributed by atoms with Crippen LogP contribution in [0.3, 0.4) is 0 Å². The molecule has 4 nitrogen and oxygen atoms in total. The molecule has 6 heteroatoms. The van der Waals surface area contributed by atoms with Crippen LogP contribution in [0.2, 0.25) is 0 Å². The van der Waals surface area contributed by atoms with E-state index in [4.69, 9.17) is 0 Å². The van der Waals surface area contributed by atoms with Crippen molar-refractivity contribution in [1.82, 2.24) is 4.90 Å². The van der Waals surface area contributed by atoms with Gasteiger partial charge in [-0.25, -0.2) is 0 Å². The highest BCUT2D eigenvalue weighted by Crippen LogP contribution is 2.20. The second kappa shape index (κ2) is 5.10. The second-order valence-electron chi connectivity index (χ2n) is 3.79. The Balaban J connectivity index is 2.31.